The van der Waals surface area contributed by atoms with Gasteiger partial charge >= 0.3 is 0 Å². The highest BCUT2D eigenvalue weighted by Gasteiger charge is 2.10. The summed E-state index contributed by atoms with van der Waals surface area (Å²) >= 11 is 2.02. The lowest BCUT2D eigenvalue weighted by Crippen LogP contribution is -1.95. The van der Waals surface area contributed by atoms with Gasteiger partial charge in [0.15, 0.2) is 0 Å². The molecular formula is C16H28S. The molecular weight excluding hydrogens is 224 g/mol. The first-order valence-corrected chi connectivity index (χ1v) is 8.29. The van der Waals surface area contributed by atoms with Crippen LogP contribution in [0.1, 0.15) is 75.3 Å². The molecule has 0 aromatic carbocycles. The van der Waals surface area contributed by atoms with E-state index in [0.717, 1.165) is 0 Å². The first-order valence-electron chi connectivity index (χ1n) is 7.41. The topological polar surface area (TPSA) is 0 Å². The minimum atomic E-state index is 1.30. The average molecular weight is 252 g/mol. The van der Waals surface area contributed by atoms with Crippen LogP contribution in [0.4, 0.5) is 0 Å². The van der Waals surface area contributed by atoms with Crippen LogP contribution in [0.25, 0.3) is 0 Å². The molecule has 0 saturated carbocycles. The van der Waals surface area contributed by atoms with Gasteiger partial charge in [0.25, 0.3) is 0 Å². The second-order valence-electron chi connectivity index (χ2n) is 4.97. The van der Waals surface area contributed by atoms with E-state index in [-0.39, 0.29) is 0 Å². The maximum absolute atomic E-state index is 2.44. The number of hydrogen-bond donors (Lipinski definition) is 0. The molecule has 0 saturated heterocycles. The molecule has 0 bridgehead atoms. The summed E-state index contributed by atoms with van der Waals surface area (Å²) in [6.45, 7) is 6.87. The minimum Gasteiger partial charge on any atom is -0.148 e. The average Bonchev–Trinajstić information content (AvgIpc) is 2.73. The van der Waals surface area contributed by atoms with Crippen molar-refractivity contribution in [3.63, 3.8) is 0 Å². The summed E-state index contributed by atoms with van der Waals surface area (Å²) in [5.74, 6) is 0. The van der Waals surface area contributed by atoms with Crippen molar-refractivity contribution in [2.45, 2.75) is 78.6 Å². The fraction of sp³-hybridized carbons (Fsp3) is 0.750. The molecule has 1 heteroatoms. The maximum atomic E-state index is 2.44. The van der Waals surface area contributed by atoms with Gasteiger partial charge in [-0.3, -0.25) is 0 Å². The Kier molecular flexibility index (Phi) is 7.59. The Morgan fingerprint density at radius 2 is 1.41 bits per heavy atom. The van der Waals surface area contributed by atoms with E-state index in [1.807, 2.05) is 11.3 Å². The normalized spacial score (nSPS) is 11.0. The third kappa shape index (κ3) is 4.83. The lowest BCUT2D eigenvalue weighted by molar-refractivity contribution is 0.745. The van der Waals surface area contributed by atoms with Gasteiger partial charge in [0.1, 0.15) is 0 Å². The van der Waals surface area contributed by atoms with Crippen LogP contribution in [0.15, 0.2) is 5.38 Å². The zero-order valence-electron chi connectivity index (χ0n) is 11.8. The van der Waals surface area contributed by atoms with Crippen LogP contribution in [0, 0.1) is 0 Å². The Morgan fingerprint density at radius 3 is 2.06 bits per heavy atom. The van der Waals surface area contributed by atoms with Crippen LogP contribution in [0.3, 0.4) is 0 Å². The summed E-state index contributed by atoms with van der Waals surface area (Å²) in [4.78, 5) is 1.69. The summed E-state index contributed by atoms with van der Waals surface area (Å²) in [6.07, 6.45) is 11.9. The molecule has 0 fully saturated rings. The molecule has 98 valence electrons. The third-order valence-electron chi connectivity index (χ3n) is 3.41. The molecule has 0 aliphatic rings. The highest BCUT2D eigenvalue weighted by atomic mass is 32.1. The van der Waals surface area contributed by atoms with Gasteiger partial charge < -0.3 is 0 Å². The summed E-state index contributed by atoms with van der Waals surface area (Å²) < 4.78 is 0. The second kappa shape index (κ2) is 8.74. The van der Waals surface area contributed by atoms with E-state index in [9.17, 15) is 0 Å². The van der Waals surface area contributed by atoms with E-state index in [0.29, 0.717) is 0 Å². The van der Waals surface area contributed by atoms with E-state index in [1.165, 1.54) is 57.8 Å². The first kappa shape index (κ1) is 14.8. The molecule has 1 aromatic heterocycles. The van der Waals surface area contributed by atoms with Crippen LogP contribution in [0.2, 0.25) is 0 Å². The predicted octanol–water partition coefficient (Wildman–Crippen LogP) is 5.78. The van der Waals surface area contributed by atoms with Crippen molar-refractivity contribution < 1.29 is 0 Å². The molecule has 0 unspecified atom stereocenters. The zero-order valence-corrected chi connectivity index (χ0v) is 12.7. The highest BCUT2D eigenvalue weighted by Crippen LogP contribution is 2.27. The van der Waals surface area contributed by atoms with Crippen LogP contribution < -0.4 is 0 Å². The molecule has 1 rings (SSSR count). The number of rotatable bonds is 9. The number of unbranched alkanes of at least 4 members (excludes halogenated alkanes) is 3. The van der Waals surface area contributed by atoms with Gasteiger partial charge in [0, 0.05) is 4.88 Å². The van der Waals surface area contributed by atoms with E-state index < -0.39 is 0 Å². The first-order chi connectivity index (χ1) is 8.33. The summed E-state index contributed by atoms with van der Waals surface area (Å²) in [5, 5.41) is 2.44. The Hall–Kier alpha value is -0.300. The summed E-state index contributed by atoms with van der Waals surface area (Å²) in [6, 6.07) is 0. The molecule has 0 aliphatic heterocycles. The van der Waals surface area contributed by atoms with Crippen molar-refractivity contribution in [2.75, 3.05) is 0 Å². The smallest absolute Gasteiger partial charge is 0.00800 e. The molecule has 0 amide bonds. The van der Waals surface area contributed by atoms with Gasteiger partial charge in [-0.2, -0.15) is 0 Å². The number of thiophene rings is 1. The molecule has 1 aromatic rings. The molecule has 0 spiro atoms. The third-order valence-corrected chi connectivity index (χ3v) is 4.54. The lowest BCUT2D eigenvalue weighted by atomic mass is 9.99. The van der Waals surface area contributed by atoms with Crippen molar-refractivity contribution in [2.24, 2.45) is 0 Å². The van der Waals surface area contributed by atoms with Gasteiger partial charge in [0.05, 0.1) is 0 Å². The monoisotopic (exact) mass is 252 g/mol. The molecule has 0 N–H and O–H groups in total. The van der Waals surface area contributed by atoms with Gasteiger partial charge in [-0.25, -0.2) is 0 Å². The van der Waals surface area contributed by atoms with Crippen LogP contribution in [-0.2, 0) is 19.3 Å². The molecule has 0 nitrogen and oxygen atoms in total. The number of aryl methyl sites for hydroxylation is 2. The van der Waals surface area contributed by atoms with Crippen molar-refractivity contribution in [1.29, 1.82) is 0 Å². The molecule has 0 aliphatic carbocycles. The van der Waals surface area contributed by atoms with Crippen molar-refractivity contribution in [1.82, 2.24) is 0 Å². The molecule has 0 atom stereocenters. The Bertz CT molecular complexity index is 273. The minimum absolute atomic E-state index is 1.30. The summed E-state index contributed by atoms with van der Waals surface area (Å²) in [7, 11) is 0. The van der Waals surface area contributed by atoms with Crippen LogP contribution in [-0.4, -0.2) is 0 Å². The van der Waals surface area contributed by atoms with E-state index in [4.69, 9.17) is 0 Å². The fourth-order valence-corrected chi connectivity index (χ4v) is 3.42. The van der Waals surface area contributed by atoms with Gasteiger partial charge in [-0.1, -0.05) is 40.0 Å². The Labute approximate surface area is 111 Å². The quantitative estimate of drug-likeness (QED) is 0.523. The van der Waals surface area contributed by atoms with Crippen molar-refractivity contribution >= 4 is 11.3 Å². The standard InChI is InChI=1S/C16H28S/c1-4-7-10-14-13-17-16(12-9-6-3)15(14)11-8-5-2/h13H,4-12H2,1-3H3. The second-order valence-corrected chi connectivity index (χ2v) is 5.94. The SMILES string of the molecule is CCCCc1csc(CCCC)c1CCCC. The van der Waals surface area contributed by atoms with Crippen LogP contribution in [0.5, 0.6) is 0 Å². The highest BCUT2D eigenvalue weighted by molar-refractivity contribution is 7.10. The van der Waals surface area contributed by atoms with E-state index in [1.54, 1.807) is 16.0 Å². The van der Waals surface area contributed by atoms with Gasteiger partial charge in [-0.15, -0.1) is 11.3 Å². The van der Waals surface area contributed by atoms with E-state index >= 15 is 0 Å². The Balaban J connectivity index is 2.70. The zero-order chi connectivity index (χ0) is 12.5. The predicted molar refractivity (Wildman–Crippen MR) is 80.2 cm³/mol. The maximum Gasteiger partial charge on any atom is 0.00800 e. The van der Waals surface area contributed by atoms with E-state index in [2.05, 4.69) is 26.2 Å². The number of hydrogen-bond acceptors (Lipinski definition) is 1. The van der Waals surface area contributed by atoms with Crippen molar-refractivity contribution in [3.05, 3.63) is 21.4 Å². The Morgan fingerprint density at radius 1 is 0.824 bits per heavy atom. The molecule has 17 heavy (non-hydrogen) atoms. The lowest BCUT2D eigenvalue weighted by Gasteiger charge is -2.07. The molecule has 0 radical (unpaired) electrons. The largest absolute Gasteiger partial charge is 0.148 e. The summed E-state index contributed by atoms with van der Waals surface area (Å²) in [5.41, 5.74) is 3.38. The van der Waals surface area contributed by atoms with Crippen molar-refractivity contribution in [3.8, 4) is 0 Å². The van der Waals surface area contributed by atoms with Crippen LogP contribution >= 0.6 is 11.3 Å². The van der Waals surface area contributed by atoms with Gasteiger partial charge in [0.2, 0.25) is 0 Å². The van der Waals surface area contributed by atoms with Gasteiger partial charge in [-0.05, 0) is 55.0 Å². The fourth-order valence-electron chi connectivity index (χ4n) is 2.24. The molecule has 1 heterocycles.